The highest BCUT2D eigenvalue weighted by molar-refractivity contribution is 8.13. The summed E-state index contributed by atoms with van der Waals surface area (Å²) in [7, 11) is 3.40. The Hall–Kier alpha value is -2.64. The normalized spacial score (nSPS) is 10.7. The largest absolute Gasteiger partial charge is 0.339 e. The standard InChI is InChI=1S/C22H23N3O2S2/c1-13-10-11-16(14(2)12-13)21-23-15(3)19(29-21)20(26)24-17-8-6-7-9-18(17)28-22(27)25(4)5/h6-12H,1-5H3,(H,24,26). The fraction of sp³-hybridized carbons (Fsp3) is 0.227. The van der Waals surface area contributed by atoms with E-state index in [1.165, 1.54) is 21.8 Å². The number of hydrogen-bond donors (Lipinski definition) is 1. The number of rotatable bonds is 4. The highest BCUT2D eigenvalue weighted by Crippen LogP contribution is 2.33. The molecule has 0 spiro atoms. The topological polar surface area (TPSA) is 62.3 Å². The molecule has 0 saturated heterocycles. The predicted molar refractivity (Wildman–Crippen MR) is 121 cm³/mol. The van der Waals surface area contributed by atoms with Crippen molar-refractivity contribution in [1.82, 2.24) is 9.88 Å². The van der Waals surface area contributed by atoms with Crippen molar-refractivity contribution in [1.29, 1.82) is 0 Å². The van der Waals surface area contributed by atoms with Gasteiger partial charge in [-0.2, -0.15) is 0 Å². The first-order valence-electron chi connectivity index (χ1n) is 9.11. The molecule has 0 radical (unpaired) electrons. The van der Waals surface area contributed by atoms with Gasteiger partial charge in [0.2, 0.25) is 0 Å². The van der Waals surface area contributed by atoms with E-state index in [0.717, 1.165) is 27.9 Å². The van der Waals surface area contributed by atoms with Crippen LogP contribution in [-0.2, 0) is 0 Å². The Morgan fingerprint density at radius 3 is 2.48 bits per heavy atom. The van der Waals surface area contributed by atoms with Crippen LogP contribution >= 0.6 is 23.1 Å². The molecule has 0 fully saturated rings. The first kappa shape index (κ1) is 21.1. The van der Waals surface area contributed by atoms with Crippen molar-refractivity contribution in [3.63, 3.8) is 0 Å². The number of para-hydroxylation sites is 1. The Morgan fingerprint density at radius 2 is 1.79 bits per heavy atom. The molecule has 0 bridgehead atoms. The van der Waals surface area contributed by atoms with E-state index in [0.29, 0.717) is 21.2 Å². The summed E-state index contributed by atoms with van der Waals surface area (Å²) in [4.78, 5) is 32.4. The fourth-order valence-corrected chi connectivity index (χ4v) is 4.60. The maximum atomic E-state index is 12.9. The van der Waals surface area contributed by atoms with Crippen molar-refractivity contribution in [3.05, 3.63) is 64.2 Å². The number of hydrogen-bond acceptors (Lipinski definition) is 5. The Labute approximate surface area is 179 Å². The molecule has 0 atom stereocenters. The second kappa shape index (κ2) is 8.80. The molecule has 3 aromatic rings. The van der Waals surface area contributed by atoms with Gasteiger partial charge in [-0.05, 0) is 50.2 Å². The number of thioether (sulfide) groups is 1. The van der Waals surface area contributed by atoms with E-state index in [2.05, 4.69) is 23.3 Å². The van der Waals surface area contributed by atoms with Gasteiger partial charge in [-0.1, -0.05) is 35.9 Å². The minimum Gasteiger partial charge on any atom is -0.339 e. The fourth-order valence-electron chi connectivity index (χ4n) is 2.80. The van der Waals surface area contributed by atoms with Gasteiger partial charge in [0, 0.05) is 24.6 Å². The van der Waals surface area contributed by atoms with E-state index in [4.69, 9.17) is 0 Å². The quantitative estimate of drug-likeness (QED) is 0.540. The van der Waals surface area contributed by atoms with Crippen molar-refractivity contribution >= 4 is 39.9 Å². The maximum absolute atomic E-state index is 12.9. The molecule has 0 saturated carbocycles. The molecular formula is C22H23N3O2S2. The molecule has 0 aliphatic rings. The van der Waals surface area contributed by atoms with Gasteiger partial charge in [-0.25, -0.2) is 4.98 Å². The summed E-state index contributed by atoms with van der Waals surface area (Å²) in [5, 5.41) is 3.67. The van der Waals surface area contributed by atoms with E-state index in [9.17, 15) is 9.59 Å². The van der Waals surface area contributed by atoms with Crippen molar-refractivity contribution in [2.24, 2.45) is 0 Å². The van der Waals surface area contributed by atoms with Crippen molar-refractivity contribution < 1.29 is 9.59 Å². The van der Waals surface area contributed by atoms with Crippen LogP contribution in [0.2, 0.25) is 0 Å². The molecule has 150 valence electrons. The number of benzene rings is 2. The van der Waals surface area contributed by atoms with Crippen molar-refractivity contribution in [2.45, 2.75) is 25.7 Å². The molecule has 2 aromatic carbocycles. The molecule has 1 N–H and O–H groups in total. The number of thiazole rings is 1. The first-order valence-corrected chi connectivity index (χ1v) is 10.7. The van der Waals surface area contributed by atoms with Gasteiger partial charge in [0.15, 0.2) is 0 Å². The highest BCUT2D eigenvalue weighted by atomic mass is 32.2. The lowest BCUT2D eigenvalue weighted by Crippen LogP contribution is -2.17. The minimum atomic E-state index is -0.221. The lowest BCUT2D eigenvalue weighted by atomic mass is 10.1. The molecule has 0 aliphatic heterocycles. The third kappa shape index (κ3) is 4.86. The number of carbonyl (C=O) groups is 2. The zero-order valence-electron chi connectivity index (χ0n) is 17.1. The van der Waals surface area contributed by atoms with Gasteiger partial charge >= 0.3 is 0 Å². The number of anilines is 1. The Bertz CT molecular complexity index is 1070. The number of nitrogens with zero attached hydrogens (tertiary/aromatic N) is 2. The van der Waals surface area contributed by atoms with Crippen LogP contribution in [0.3, 0.4) is 0 Å². The summed E-state index contributed by atoms with van der Waals surface area (Å²) in [5.41, 5.74) is 4.67. The number of amides is 2. The van der Waals surface area contributed by atoms with E-state index in [-0.39, 0.29) is 11.1 Å². The summed E-state index contributed by atoms with van der Waals surface area (Å²) < 4.78 is 0. The average Bonchev–Trinajstić information content (AvgIpc) is 3.04. The Kier molecular flexibility index (Phi) is 6.39. The molecule has 7 heteroatoms. The molecule has 0 aliphatic carbocycles. The average molecular weight is 426 g/mol. The van der Waals surface area contributed by atoms with E-state index in [1.54, 1.807) is 20.2 Å². The highest BCUT2D eigenvalue weighted by Gasteiger charge is 2.19. The molecule has 1 heterocycles. The number of aromatic nitrogens is 1. The number of aryl methyl sites for hydroxylation is 3. The first-order chi connectivity index (χ1) is 13.8. The van der Waals surface area contributed by atoms with Crippen LogP contribution < -0.4 is 5.32 Å². The summed E-state index contributed by atoms with van der Waals surface area (Å²) in [6.07, 6.45) is 0. The zero-order valence-corrected chi connectivity index (χ0v) is 18.7. The van der Waals surface area contributed by atoms with Gasteiger partial charge in [-0.3, -0.25) is 9.59 Å². The van der Waals surface area contributed by atoms with Crippen LogP contribution in [0.4, 0.5) is 10.5 Å². The molecule has 5 nitrogen and oxygen atoms in total. The minimum absolute atomic E-state index is 0.0993. The second-order valence-electron chi connectivity index (χ2n) is 6.96. The van der Waals surface area contributed by atoms with Gasteiger partial charge in [0.25, 0.3) is 11.1 Å². The van der Waals surface area contributed by atoms with Crippen LogP contribution in [0.1, 0.15) is 26.5 Å². The Balaban J connectivity index is 1.86. The van der Waals surface area contributed by atoms with Crippen molar-refractivity contribution in [2.75, 3.05) is 19.4 Å². The van der Waals surface area contributed by atoms with Gasteiger partial charge in [-0.15, -0.1) is 11.3 Å². The third-order valence-electron chi connectivity index (χ3n) is 4.31. The van der Waals surface area contributed by atoms with Crippen LogP contribution in [0.5, 0.6) is 0 Å². The van der Waals surface area contributed by atoms with Crippen LogP contribution in [0.15, 0.2) is 47.4 Å². The van der Waals surface area contributed by atoms with Crippen LogP contribution in [-0.4, -0.2) is 35.1 Å². The van der Waals surface area contributed by atoms with Gasteiger partial charge < -0.3 is 10.2 Å². The molecule has 2 amide bonds. The lowest BCUT2D eigenvalue weighted by Gasteiger charge is -2.12. The smallest absolute Gasteiger partial charge is 0.286 e. The molecule has 29 heavy (non-hydrogen) atoms. The summed E-state index contributed by atoms with van der Waals surface area (Å²) >= 11 is 2.46. The number of carbonyl (C=O) groups excluding carboxylic acids is 2. The lowest BCUT2D eigenvalue weighted by molar-refractivity contribution is 0.102. The maximum Gasteiger partial charge on any atom is 0.286 e. The molecular weight excluding hydrogens is 402 g/mol. The van der Waals surface area contributed by atoms with Gasteiger partial charge in [0.1, 0.15) is 9.88 Å². The van der Waals surface area contributed by atoms with Crippen molar-refractivity contribution in [3.8, 4) is 10.6 Å². The number of nitrogens with one attached hydrogen (secondary N) is 1. The molecule has 0 unspecified atom stereocenters. The SMILES string of the molecule is Cc1ccc(-c2nc(C)c(C(=O)Nc3ccccc3SC(=O)N(C)C)s2)c(C)c1. The second-order valence-corrected chi connectivity index (χ2v) is 8.96. The monoisotopic (exact) mass is 425 g/mol. The van der Waals surface area contributed by atoms with Crippen LogP contribution in [0.25, 0.3) is 10.6 Å². The van der Waals surface area contributed by atoms with E-state index >= 15 is 0 Å². The third-order valence-corrected chi connectivity index (χ3v) is 6.62. The Morgan fingerprint density at radius 1 is 1.07 bits per heavy atom. The zero-order chi connectivity index (χ0) is 21.1. The van der Waals surface area contributed by atoms with Gasteiger partial charge in [0.05, 0.1) is 11.4 Å². The summed E-state index contributed by atoms with van der Waals surface area (Å²) in [6.45, 7) is 5.95. The predicted octanol–water partition coefficient (Wildman–Crippen LogP) is 5.76. The molecule has 1 aromatic heterocycles. The summed E-state index contributed by atoms with van der Waals surface area (Å²) in [5.74, 6) is -0.221. The molecule has 3 rings (SSSR count). The van der Waals surface area contributed by atoms with Crippen LogP contribution in [0, 0.1) is 20.8 Å². The van der Waals surface area contributed by atoms with E-state index < -0.39 is 0 Å². The summed E-state index contributed by atoms with van der Waals surface area (Å²) in [6, 6.07) is 13.5. The van der Waals surface area contributed by atoms with E-state index in [1.807, 2.05) is 44.2 Å².